The van der Waals surface area contributed by atoms with Crippen molar-refractivity contribution in [3.8, 4) is 27.7 Å². The van der Waals surface area contributed by atoms with Crippen LogP contribution in [0.15, 0.2) is 78.9 Å². The lowest BCUT2D eigenvalue weighted by molar-refractivity contribution is 0.104. The molecule has 192 valence electrons. The minimum absolute atomic E-state index is 0.0752. The average Bonchev–Trinajstić information content (AvgIpc) is 3.31. The van der Waals surface area contributed by atoms with Crippen LogP contribution in [0.25, 0.3) is 31.3 Å². The fourth-order valence-electron chi connectivity index (χ4n) is 5.20. The summed E-state index contributed by atoms with van der Waals surface area (Å²) in [5.41, 5.74) is 2.05. The van der Waals surface area contributed by atoms with E-state index in [9.17, 15) is 15.0 Å². The second-order valence-corrected chi connectivity index (χ2v) is 10.9. The fraction of sp³-hybridized carbons (Fsp3) is 0.219. The average molecular weight is 524 g/mol. The Hall–Kier alpha value is -3.87. The van der Waals surface area contributed by atoms with E-state index in [4.69, 9.17) is 4.74 Å². The van der Waals surface area contributed by atoms with Crippen molar-refractivity contribution in [2.75, 3.05) is 26.2 Å². The number of ketones is 1. The van der Waals surface area contributed by atoms with Gasteiger partial charge in [-0.2, -0.15) is 0 Å². The Kier molecular flexibility index (Phi) is 6.75. The molecule has 38 heavy (non-hydrogen) atoms. The summed E-state index contributed by atoms with van der Waals surface area (Å²) >= 11 is 1.46. The number of carbonyl (C=O) groups excluding carboxylic acids is 1. The van der Waals surface area contributed by atoms with E-state index in [0.29, 0.717) is 17.7 Å². The molecule has 2 N–H and O–H groups in total. The van der Waals surface area contributed by atoms with Crippen molar-refractivity contribution in [3.05, 3.63) is 90.0 Å². The van der Waals surface area contributed by atoms with Gasteiger partial charge in [-0.05, 0) is 103 Å². The molecule has 5 aromatic rings. The van der Waals surface area contributed by atoms with E-state index in [1.54, 1.807) is 30.3 Å². The number of rotatable bonds is 7. The maximum atomic E-state index is 13.9. The Labute approximate surface area is 225 Å². The van der Waals surface area contributed by atoms with Gasteiger partial charge in [-0.15, -0.1) is 11.3 Å². The highest BCUT2D eigenvalue weighted by atomic mass is 32.1. The second-order valence-electron chi connectivity index (χ2n) is 9.84. The van der Waals surface area contributed by atoms with Crippen LogP contribution in [0.5, 0.6) is 17.2 Å². The molecule has 6 heteroatoms. The number of hydrogen-bond acceptors (Lipinski definition) is 6. The van der Waals surface area contributed by atoms with Crippen LogP contribution in [0.3, 0.4) is 0 Å². The number of carbonyl (C=O) groups is 1. The van der Waals surface area contributed by atoms with E-state index in [-0.39, 0.29) is 17.3 Å². The first kappa shape index (κ1) is 24.5. The highest BCUT2D eigenvalue weighted by molar-refractivity contribution is 7.22. The summed E-state index contributed by atoms with van der Waals surface area (Å²) in [5, 5.41) is 22.6. The molecule has 0 saturated carbocycles. The van der Waals surface area contributed by atoms with Crippen molar-refractivity contribution in [2.24, 2.45) is 0 Å². The van der Waals surface area contributed by atoms with E-state index < -0.39 is 0 Å². The molecule has 1 aliphatic heterocycles. The van der Waals surface area contributed by atoms with Gasteiger partial charge in [-0.3, -0.25) is 9.69 Å². The smallest absolute Gasteiger partial charge is 0.195 e. The Balaban J connectivity index is 1.29. The summed E-state index contributed by atoms with van der Waals surface area (Å²) in [5.74, 6) is 1.10. The normalized spacial score (nSPS) is 14.2. The Morgan fingerprint density at radius 3 is 2.37 bits per heavy atom. The number of nitrogens with zero attached hydrogens (tertiary/aromatic N) is 1. The molecule has 0 bridgehead atoms. The molecule has 1 saturated heterocycles. The molecular weight excluding hydrogens is 494 g/mol. The van der Waals surface area contributed by atoms with E-state index in [2.05, 4.69) is 4.90 Å². The number of benzene rings is 4. The van der Waals surface area contributed by atoms with Crippen molar-refractivity contribution in [1.29, 1.82) is 0 Å². The van der Waals surface area contributed by atoms with E-state index >= 15 is 0 Å². The minimum Gasteiger partial charge on any atom is -0.508 e. The lowest BCUT2D eigenvalue weighted by Crippen LogP contribution is -2.33. The van der Waals surface area contributed by atoms with Crippen molar-refractivity contribution < 1.29 is 19.7 Å². The highest BCUT2D eigenvalue weighted by Gasteiger charge is 2.22. The topological polar surface area (TPSA) is 70.0 Å². The number of aromatic hydroxyl groups is 2. The SMILES string of the molecule is O=C(c1ccc2cc(OCCN3CCCCC3)ccc2c1)c1c(-c2ccc(O)cc2)sc2cc(O)ccc12. The molecule has 1 aliphatic rings. The van der Waals surface area contributed by atoms with Crippen LogP contribution in [0.1, 0.15) is 35.2 Å². The third kappa shape index (κ3) is 4.97. The number of phenols is 2. The molecule has 0 amide bonds. The first-order chi connectivity index (χ1) is 18.5. The van der Waals surface area contributed by atoms with Crippen LogP contribution < -0.4 is 4.74 Å². The third-order valence-corrected chi connectivity index (χ3v) is 8.43. The molecule has 0 radical (unpaired) electrons. The van der Waals surface area contributed by atoms with E-state index in [1.807, 2.05) is 48.5 Å². The zero-order chi connectivity index (χ0) is 26.1. The van der Waals surface area contributed by atoms with Crippen molar-refractivity contribution in [1.82, 2.24) is 4.90 Å². The van der Waals surface area contributed by atoms with Gasteiger partial charge in [0.25, 0.3) is 0 Å². The molecule has 0 unspecified atom stereocenters. The summed E-state index contributed by atoms with van der Waals surface area (Å²) < 4.78 is 6.88. The molecule has 1 aromatic heterocycles. The van der Waals surface area contributed by atoms with Gasteiger partial charge >= 0.3 is 0 Å². The number of piperidine rings is 1. The van der Waals surface area contributed by atoms with Gasteiger partial charge in [0.1, 0.15) is 23.9 Å². The summed E-state index contributed by atoms with van der Waals surface area (Å²) in [7, 11) is 0. The first-order valence-electron chi connectivity index (χ1n) is 13.0. The maximum Gasteiger partial charge on any atom is 0.195 e. The molecular formula is C32H29NO4S. The number of hydrogen-bond donors (Lipinski definition) is 2. The van der Waals surface area contributed by atoms with Crippen LogP contribution in [0.4, 0.5) is 0 Å². The van der Waals surface area contributed by atoms with Crippen molar-refractivity contribution >= 4 is 38.0 Å². The van der Waals surface area contributed by atoms with Gasteiger partial charge in [0.2, 0.25) is 0 Å². The lowest BCUT2D eigenvalue weighted by atomic mass is 9.96. The summed E-state index contributed by atoms with van der Waals surface area (Å²) in [4.78, 5) is 17.2. The predicted molar refractivity (Wildman–Crippen MR) is 154 cm³/mol. The number of fused-ring (bicyclic) bond motifs is 2. The van der Waals surface area contributed by atoms with Crippen LogP contribution in [0, 0.1) is 0 Å². The highest BCUT2D eigenvalue weighted by Crippen LogP contribution is 2.41. The summed E-state index contributed by atoms with van der Waals surface area (Å²) in [6.07, 6.45) is 3.88. The minimum atomic E-state index is -0.0752. The molecule has 6 rings (SSSR count). The predicted octanol–water partition coefficient (Wildman–Crippen LogP) is 7.23. The van der Waals surface area contributed by atoms with Gasteiger partial charge in [0.05, 0.1) is 0 Å². The molecule has 0 atom stereocenters. The first-order valence-corrected chi connectivity index (χ1v) is 13.9. The summed E-state index contributed by atoms with van der Waals surface area (Å²) in [6, 6.07) is 23.7. The third-order valence-electron chi connectivity index (χ3n) is 7.23. The zero-order valence-corrected chi connectivity index (χ0v) is 21.8. The van der Waals surface area contributed by atoms with Crippen molar-refractivity contribution in [3.63, 3.8) is 0 Å². The fourth-order valence-corrected chi connectivity index (χ4v) is 6.44. The Morgan fingerprint density at radius 1 is 0.816 bits per heavy atom. The monoisotopic (exact) mass is 523 g/mol. The van der Waals surface area contributed by atoms with Gasteiger partial charge < -0.3 is 14.9 Å². The second kappa shape index (κ2) is 10.5. The van der Waals surface area contributed by atoms with Crippen LogP contribution in [0.2, 0.25) is 0 Å². The van der Waals surface area contributed by atoms with Gasteiger partial charge in [-0.25, -0.2) is 0 Å². The number of likely N-dealkylation sites (tertiary alicyclic amines) is 1. The van der Waals surface area contributed by atoms with Crippen LogP contribution in [-0.2, 0) is 0 Å². The zero-order valence-electron chi connectivity index (χ0n) is 21.0. The van der Waals surface area contributed by atoms with Gasteiger partial charge in [0.15, 0.2) is 5.78 Å². The quantitative estimate of drug-likeness (QED) is 0.220. The summed E-state index contributed by atoms with van der Waals surface area (Å²) in [6.45, 7) is 3.93. The molecule has 0 aliphatic carbocycles. The Morgan fingerprint density at radius 2 is 1.55 bits per heavy atom. The Bertz CT molecular complexity index is 1620. The lowest BCUT2D eigenvalue weighted by Gasteiger charge is -2.26. The van der Waals surface area contributed by atoms with Gasteiger partial charge in [-0.1, -0.05) is 24.6 Å². The van der Waals surface area contributed by atoms with Gasteiger partial charge in [0, 0.05) is 32.6 Å². The molecule has 4 aromatic carbocycles. The number of ether oxygens (including phenoxy) is 1. The van der Waals surface area contributed by atoms with E-state index in [0.717, 1.165) is 56.7 Å². The molecule has 1 fully saturated rings. The molecule has 2 heterocycles. The maximum absolute atomic E-state index is 13.9. The molecule has 5 nitrogen and oxygen atoms in total. The van der Waals surface area contributed by atoms with E-state index in [1.165, 1.54) is 30.6 Å². The standard InChI is InChI=1S/C32H29NO4S/c34-25-9-6-21(7-10-25)32-30(28-13-11-26(35)20-29(28)38-32)31(36)24-5-4-23-19-27(12-8-22(23)18-24)37-17-16-33-14-2-1-3-15-33/h4-13,18-20,34-35H,1-3,14-17H2. The number of phenolic OH excluding ortho intramolecular Hbond substituents is 2. The van der Waals surface area contributed by atoms with Crippen LogP contribution >= 0.6 is 11.3 Å². The van der Waals surface area contributed by atoms with Crippen molar-refractivity contribution in [2.45, 2.75) is 19.3 Å². The number of thiophene rings is 1. The van der Waals surface area contributed by atoms with Crippen LogP contribution in [-0.4, -0.2) is 47.1 Å². The largest absolute Gasteiger partial charge is 0.508 e. The molecule has 0 spiro atoms.